The Hall–Kier alpha value is -2.29. The normalized spacial score (nSPS) is 10.6. The number of nitrogens with zero attached hydrogens (tertiary/aromatic N) is 1. The molecule has 2 heterocycles. The van der Waals surface area contributed by atoms with E-state index in [9.17, 15) is 0 Å². The summed E-state index contributed by atoms with van der Waals surface area (Å²) >= 11 is 0. The van der Waals surface area contributed by atoms with Gasteiger partial charge < -0.3 is 9.72 Å². The molecule has 0 aliphatic rings. The highest BCUT2D eigenvalue weighted by molar-refractivity contribution is 5.80. The number of hydrogen-bond donors (Lipinski definition) is 1. The predicted octanol–water partition coefficient (Wildman–Crippen LogP) is 3.04. The van der Waals surface area contributed by atoms with Crippen molar-refractivity contribution in [2.45, 2.75) is 0 Å². The third kappa shape index (κ3) is 1.76. The molecular formula is C14H11N2O. The van der Waals surface area contributed by atoms with Gasteiger partial charge in [-0.25, -0.2) is 4.98 Å². The van der Waals surface area contributed by atoms with Gasteiger partial charge in [0, 0.05) is 29.4 Å². The van der Waals surface area contributed by atoms with Crippen molar-refractivity contribution in [2.24, 2.45) is 0 Å². The highest BCUT2D eigenvalue weighted by Crippen LogP contribution is 2.24. The lowest BCUT2D eigenvalue weighted by atomic mass is 10.1. The first kappa shape index (κ1) is 9.90. The molecule has 0 aliphatic carbocycles. The summed E-state index contributed by atoms with van der Waals surface area (Å²) in [5.74, 6) is 0.857. The van der Waals surface area contributed by atoms with Crippen molar-refractivity contribution < 1.29 is 4.74 Å². The maximum absolute atomic E-state index is 5.14. The molecule has 83 valence electrons. The quantitative estimate of drug-likeness (QED) is 0.725. The summed E-state index contributed by atoms with van der Waals surface area (Å²) in [6.45, 7) is 0. The Morgan fingerprint density at radius 3 is 2.76 bits per heavy atom. The molecule has 0 saturated heterocycles. The molecule has 0 unspecified atom stereocenters. The van der Waals surface area contributed by atoms with E-state index in [1.165, 1.54) is 0 Å². The van der Waals surface area contributed by atoms with Gasteiger partial charge in [0.1, 0.15) is 11.4 Å². The molecule has 3 heteroatoms. The topological polar surface area (TPSA) is 37.9 Å². The molecule has 0 aliphatic heterocycles. The van der Waals surface area contributed by atoms with E-state index in [1.807, 2.05) is 30.5 Å². The zero-order valence-electron chi connectivity index (χ0n) is 9.40. The third-order valence-electron chi connectivity index (χ3n) is 2.75. The number of rotatable bonds is 2. The maximum Gasteiger partial charge on any atom is 0.137 e. The van der Waals surface area contributed by atoms with Crippen LogP contribution in [-0.2, 0) is 0 Å². The van der Waals surface area contributed by atoms with Crippen molar-refractivity contribution in [3.63, 3.8) is 0 Å². The molecule has 1 radical (unpaired) electrons. The smallest absolute Gasteiger partial charge is 0.137 e. The Labute approximate surface area is 99.1 Å². The van der Waals surface area contributed by atoms with Gasteiger partial charge >= 0.3 is 0 Å². The fraction of sp³-hybridized carbons (Fsp3) is 0.0714. The number of benzene rings is 1. The number of aromatic amines is 1. The van der Waals surface area contributed by atoms with Crippen molar-refractivity contribution in [1.29, 1.82) is 0 Å². The largest absolute Gasteiger partial charge is 0.497 e. The summed E-state index contributed by atoms with van der Waals surface area (Å²) in [5.41, 5.74) is 3.06. The Kier molecular flexibility index (Phi) is 2.29. The van der Waals surface area contributed by atoms with Gasteiger partial charge in [0.15, 0.2) is 0 Å². The van der Waals surface area contributed by atoms with Gasteiger partial charge in [-0.3, -0.25) is 0 Å². The summed E-state index contributed by atoms with van der Waals surface area (Å²) in [6, 6.07) is 13.1. The molecule has 3 rings (SSSR count). The van der Waals surface area contributed by atoms with Crippen LogP contribution in [0.15, 0.2) is 42.7 Å². The van der Waals surface area contributed by atoms with Crippen molar-refractivity contribution >= 4 is 11.0 Å². The van der Waals surface area contributed by atoms with Crippen LogP contribution in [-0.4, -0.2) is 17.1 Å². The summed E-state index contributed by atoms with van der Waals surface area (Å²) in [7, 11) is 1.66. The van der Waals surface area contributed by atoms with Crippen LogP contribution in [0.2, 0.25) is 0 Å². The molecule has 0 spiro atoms. The summed E-state index contributed by atoms with van der Waals surface area (Å²) in [6.07, 6.45) is 3.63. The van der Waals surface area contributed by atoms with Crippen molar-refractivity contribution in [3.8, 4) is 16.9 Å². The molecule has 0 saturated carbocycles. The van der Waals surface area contributed by atoms with E-state index < -0.39 is 0 Å². The monoisotopic (exact) mass is 223 g/mol. The molecule has 0 bridgehead atoms. The van der Waals surface area contributed by atoms with Crippen molar-refractivity contribution in [2.75, 3.05) is 7.11 Å². The average Bonchev–Trinajstić information content (AvgIpc) is 2.86. The van der Waals surface area contributed by atoms with Gasteiger partial charge in [0.2, 0.25) is 0 Å². The lowest BCUT2D eigenvalue weighted by Gasteiger charge is -2.03. The van der Waals surface area contributed by atoms with Crippen molar-refractivity contribution in [1.82, 2.24) is 9.97 Å². The van der Waals surface area contributed by atoms with Crippen LogP contribution in [0.1, 0.15) is 0 Å². The van der Waals surface area contributed by atoms with Crippen LogP contribution in [0.25, 0.3) is 22.2 Å². The van der Waals surface area contributed by atoms with E-state index >= 15 is 0 Å². The van der Waals surface area contributed by atoms with Gasteiger partial charge in [-0.2, -0.15) is 0 Å². The fourth-order valence-electron chi connectivity index (χ4n) is 1.81. The van der Waals surface area contributed by atoms with E-state index in [2.05, 4.69) is 22.1 Å². The molecule has 17 heavy (non-hydrogen) atoms. The molecule has 2 aromatic heterocycles. The number of hydrogen-bond acceptors (Lipinski definition) is 2. The van der Waals surface area contributed by atoms with Gasteiger partial charge in [0.05, 0.1) is 7.11 Å². The first-order valence-electron chi connectivity index (χ1n) is 5.36. The molecule has 0 amide bonds. The summed E-state index contributed by atoms with van der Waals surface area (Å²) in [4.78, 5) is 7.37. The lowest BCUT2D eigenvalue weighted by Crippen LogP contribution is -1.84. The first-order chi connectivity index (χ1) is 8.36. The average molecular weight is 223 g/mol. The van der Waals surface area contributed by atoms with E-state index in [-0.39, 0.29) is 0 Å². The molecule has 1 N–H and O–H groups in total. The van der Waals surface area contributed by atoms with Crippen LogP contribution < -0.4 is 4.74 Å². The molecule has 0 fully saturated rings. The van der Waals surface area contributed by atoms with E-state index in [0.29, 0.717) is 0 Å². The molecule has 0 atom stereocenters. The lowest BCUT2D eigenvalue weighted by molar-refractivity contribution is 0.415. The van der Waals surface area contributed by atoms with Crippen LogP contribution in [0.3, 0.4) is 0 Å². The zero-order chi connectivity index (χ0) is 11.7. The van der Waals surface area contributed by atoms with Crippen molar-refractivity contribution in [3.05, 3.63) is 48.8 Å². The van der Waals surface area contributed by atoms with Gasteiger partial charge in [-0.15, -0.1) is 0 Å². The van der Waals surface area contributed by atoms with E-state index in [0.717, 1.165) is 27.9 Å². The first-order valence-corrected chi connectivity index (χ1v) is 5.36. The predicted molar refractivity (Wildman–Crippen MR) is 66.9 cm³/mol. The Balaban J connectivity index is 2.06. The number of methoxy groups -OCH3 is 1. The SMILES string of the molecule is COc1ccc(-c2cnc3[nH]c[c]c3c2)cc1. The maximum atomic E-state index is 5.14. The number of nitrogens with one attached hydrogen (secondary N) is 1. The van der Waals surface area contributed by atoms with E-state index in [4.69, 9.17) is 4.74 Å². The van der Waals surface area contributed by atoms with Gasteiger partial charge in [0.25, 0.3) is 0 Å². The second-order valence-electron chi connectivity index (χ2n) is 3.78. The fourth-order valence-corrected chi connectivity index (χ4v) is 1.81. The minimum Gasteiger partial charge on any atom is -0.497 e. The third-order valence-corrected chi connectivity index (χ3v) is 2.75. The van der Waals surface area contributed by atoms with E-state index in [1.54, 1.807) is 13.3 Å². The van der Waals surface area contributed by atoms with Gasteiger partial charge in [-0.1, -0.05) is 12.1 Å². The number of aromatic nitrogens is 2. The zero-order valence-corrected chi connectivity index (χ0v) is 9.40. The Morgan fingerprint density at radius 2 is 2.00 bits per heavy atom. The highest BCUT2D eigenvalue weighted by atomic mass is 16.5. The second kappa shape index (κ2) is 3.94. The number of fused-ring (bicyclic) bond motifs is 1. The summed E-state index contributed by atoms with van der Waals surface area (Å²) in [5, 5.41) is 0.998. The Bertz CT molecular complexity index is 641. The minimum absolute atomic E-state index is 0.857. The van der Waals surface area contributed by atoms with Crippen LogP contribution >= 0.6 is 0 Å². The molecule has 3 nitrogen and oxygen atoms in total. The molecule has 3 aromatic rings. The van der Waals surface area contributed by atoms with Crippen LogP contribution in [0.4, 0.5) is 0 Å². The molecular weight excluding hydrogens is 212 g/mol. The number of H-pyrrole nitrogens is 1. The van der Waals surface area contributed by atoms with Crippen LogP contribution in [0.5, 0.6) is 5.75 Å². The molecule has 1 aromatic carbocycles. The highest BCUT2D eigenvalue weighted by Gasteiger charge is 2.01. The second-order valence-corrected chi connectivity index (χ2v) is 3.78. The number of pyridine rings is 1. The summed E-state index contributed by atoms with van der Waals surface area (Å²) < 4.78 is 5.14. The van der Waals surface area contributed by atoms with Gasteiger partial charge in [-0.05, 0) is 23.8 Å². The Morgan fingerprint density at radius 1 is 1.18 bits per heavy atom. The standard InChI is InChI=1S/C14H11N2O/c1-17-13-4-2-10(3-5-13)12-8-11-6-7-15-14(11)16-9-12/h2-5,7-9H,1H3,(H,15,16). The number of ether oxygens (including phenoxy) is 1. The minimum atomic E-state index is 0.857. The van der Waals surface area contributed by atoms with Crippen LogP contribution in [0, 0.1) is 6.07 Å².